The monoisotopic (exact) mass is 1590 g/mol. The number of H-pyrrole nitrogens is 2. The number of aromatic hydroxyl groups is 1. The van der Waals surface area contributed by atoms with E-state index in [0.717, 1.165) is 4.90 Å². The number of nitrogens with one attached hydrogen (secondary N) is 12. The van der Waals surface area contributed by atoms with Crippen molar-refractivity contribution in [1.82, 2.24) is 73.0 Å². The van der Waals surface area contributed by atoms with Crippen LogP contribution in [0.5, 0.6) is 5.75 Å². The van der Waals surface area contributed by atoms with Crippen molar-refractivity contribution < 1.29 is 97.1 Å². The number of primary amides is 3. The number of phenols is 1. The standard InChI is InChI=1S/C74H100N18O20S/c1-39(2)30-56(73(110)92-28-9-14-58(92)74(111)112)90-72(109)57(37-93)91-66(103)49(21-25-61(78)97)83-68(105)52(31-40-10-5-4-6-11-40)86-69(106)53(32-41-15-17-44(94)18-16-41)87-70(107)54(33-42-35-80-47-13-8-7-12-45(42)47)88-65(102)50(22-26-62(98)99)84-71(108)55(34-43-36-79-38-81-43)89-67(104)51(27-29-113-3)85-64(101)48(20-24-60(77)96)82-63(100)46(75)19-23-59(76)95/h4-8,10-13,15-18,35-36,38-39,46,48-58,80,93-94H,9,14,19-34,37,75H2,1-3H3,(H2,76,95)(H2,77,96)(H2,78,97)(H,79,81)(H,82,100)(H,83,105)(H,84,108)(H,85,101)(H,86,106)(H,87,107)(H,88,102)(H,89,104)(H,90,109)(H,91,103)(H,98,99)(H,111,112)/t46-,48-,49-,50-,51-,52-,53-,54-,55-,56-,57-,58-/m0/s1. The number of fused-ring (bicyclic) bond motifs is 1. The number of hydrogen-bond donors (Lipinski definition) is 20. The van der Waals surface area contributed by atoms with Crippen LogP contribution in [-0.4, -0.2) is 233 Å². The first-order chi connectivity index (χ1) is 53.7. The molecule has 1 aliphatic heterocycles. The molecule has 24 N–H and O–H groups in total. The van der Waals surface area contributed by atoms with Gasteiger partial charge in [-0.15, -0.1) is 0 Å². The molecule has 2 aromatic heterocycles. The molecule has 0 unspecified atom stereocenters. The van der Waals surface area contributed by atoms with E-state index in [4.69, 9.17) is 22.9 Å². The van der Waals surface area contributed by atoms with E-state index in [-0.39, 0.29) is 81.0 Å². The highest BCUT2D eigenvalue weighted by Gasteiger charge is 2.41. The molecular weight excluding hydrogens is 1490 g/mol. The van der Waals surface area contributed by atoms with Gasteiger partial charge in [-0.1, -0.05) is 74.5 Å². The number of amides is 14. The number of para-hydroxylation sites is 1. The minimum absolute atomic E-state index is 0.0275. The minimum Gasteiger partial charge on any atom is -0.508 e. The highest BCUT2D eigenvalue weighted by atomic mass is 32.2. The van der Waals surface area contributed by atoms with Crippen LogP contribution in [0.25, 0.3) is 10.9 Å². The summed E-state index contributed by atoms with van der Waals surface area (Å²) in [7, 11) is 0. The van der Waals surface area contributed by atoms with E-state index in [2.05, 4.69) is 68.1 Å². The lowest BCUT2D eigenvalue weighted by Crippen LogP contribution is -2.61. The molecule has 0 aliphatic carbocycles. The van der Waals surface area contributed by atoms with Gasteiger partial charge in [0.15, 0.2) is 0 Å². The van der Waals surface area contributed by atoms with Crippen molar-refractivity contribution in [2.24, 2.45) is 28.9 Å². The summed E-state index contributed by atoms with van der Waals surface area (Å²) in [6.07, 6.45) is 1.15. The van der Waals surface area contributed by atoms with Gasteiger partial charge in [0, 0.05) is 81.2 Å². The maximum atomic E-state index is 15.4. The van der Waals surface area contributed by atoms with Gasteiger partial charge in [-0.3, -0.25) is 71.9 Å². The second kappa shape index (κ2) is 44.7. The highest BCUT2D eigenvalue weighted by Crippen LogP contribution is 2.23. The molecule has 1 fully saturated rings. The molecule has 1 aliphatic rings. The van der Waals surface area contributed by atoms with Gasteiger partial charge in [0.1, 0.15) is 72.2 Å². The van der Waals surface area contributed by atoms with Crippen molar-refractivity contribution >= 4 is 117 Å². The number of rotatable bonds is 48. The van der Waals surface area contributed by atoms with Crippen LogP contribution in [0.3, 0.4) is 0 Å². The van der Waals surface area contributed by atoms with E-state index in [1.165, 1.54) is 48.6 Å². The molecule has 6 rings (SSSR count). The molecule has 5 aromatic rings. The fraction of sp³-hybridized carbons (Fsp3) is 0.473. The number of carbonyl (C=O) groups excluding carboxylic acids is 14. The lowest BCUT2D eigenvalue weighted by atomic mass is 10.00. The van der Waals surface area contributed by atoms with Gasteiger partial charge >= 0.3 is 11.9 Å². The summed E-state index contributed by atoms with van der Waals surface area (Å²) in [5.74, 6) is -16.7. The van der Waals surface area contributed by atoms with Crippen molar-refractivity contribution in [3.63, 3.8) is 0 Å². The van der Waals surface area contributed by atoms with Crippen LogP contribution in [0.1, 0.15) is 113 Å². The molecule has 39 heteroatoms. The number of imidazole rings is 1. The fourth-order valence-electron chi connectivity index (χ4n) is 12.4. The Morgan fingerprint density at radius 2 is 0.947 bits per heavy atom. The maximum absolute atomic E-state index is 15.4. The summed E-state index contributed by atoms with van der Waals surface area (Å²) >= 11 is 1.27. The van der Waals surface area contributed by atoms with Gasteiger partial charge < -0.3 is 111 Å². The Morgan fingerprint density at radius 1 is 0.513 bits per heavy atom. The zero-order chi connectivity index (χ0) is 83.0. The summed E-state index contributed by atoms with van der Waals surface area (Å²) in [4.78, 5) is 231. The first-order valence-corrected chi connectivity index (χ1v) is 38.0. The van der Waals surface area contributed by atoms with E-state index >= 15 is 14.4 Å². The Morgan fingerprint density at radius 3 is 1.43 bits per heavy atom. The average Bonchev–Trinajstić information content (AvgIpc) is 1.71. The Bertz CT molecular complexity index is 4150. The quantitative estimate of drug-likeness (QED) is 0.0180. The van der Waals surface area contributed by atoms with Crippen molar-refractivity contribution in [3.8, 4) is 5.75 Å². The van der Waals surface area contributed by atoms with Crippen molar-refractivity contribution in [2.75, 3.05) is 25.2 Å². The second-order valence-electron chi connectivity index (χ2n) is 27.7. The SMILES string of the molecule is CSCC[C@H](NC(=O)[C@H](CCC(N)=O)NC(=O)[C@@H](N)CCC(N)=O)C(=O)N[C@@H](Cc1c[nH]cn1)C(=O)N[C@@H](CCC(=O)O)C(=O)N[C@@H](Cc1c[nH]c2ccccc12)C(=O)N[C@@H](Cc1ccc(O)cc1)C(=O)N[C@@H](Cc1ccccc1)C(=O)N[C@@H](CCC(N)=O)C(=O)N[C@@H](CO)C(=O)N[C@@H](CC(C)C)C(=O)N1CCC[C@H]1C(=O)O. The molecule has 14 amide bonds. The number of aliphatic hydroxyl groups excluding tert-OH is 1. The first-order valence-electron chi connectivity index (χ1n) is 36.6. The second-order valence-corrected chi connectivity index (χ2v) is 28.7. The number of aromatic nitrogens is 3. The molecule has 12 atom stereocenters. The lowest BCUT2D eigenvalue weighted by molar-refractivity contribution is -0.149. The van der Waals surface area contributed by atoms with E-state index in [9.17, 15) is 82.8 Å². The topological polar surface area (TPSA) is 626 Å². The molecule has 38 nitrogen and oxygen atoms in total. The predicted octanol–water partition coefficient (Wildman–Crippen LogP) is -3.43. The molecule has 0 saturated carbocycles. The Labute approximate surface area is 653 Å². The molecule has 113 heavy (non-hydrogen) atoms. The van der Waals surface area contributed by atoms with Gasteiger partial charge in [0.05, 0.1) is 24.7 Å². The summed E-state index contributed by atoms with van der Waals surface area (Å²) in [6.45, 7) is 2.53. The number of phenolic OH excluding ortho intramolecular Hbond substituents is 1. The van der Waals surface area contributed by atoms with Crippen LogP contribution in [-0.2, 0) is 102 Å². The number of carboxylic acids is 2. The number of hydrogen-bond acceptors (Lipinski definition) is 21. The van der Waals surface area contributed by atoms with Crippen LogP contribution < -0.4 is 76.1 Å². The zero-order valence-electron chi connectivity index (χ0n) is 62.6. The van der Waals surface area contributed by atoms with Crippen molar-refractivity contribution in [2.45, 2.75) is 189 Å². The third-order valence-corrected chi connectivity index (χ3v) is 19.0. The first kappa shape index (κ1) is 89.9. The van der Waals surface area contributed by atoms with E-state index in [1.807, 2.05) is 0 Å². The summed E-state index contributed by atoms with van der Waals surface area (Å²) in [5.41, 5.74) is 24.0. The number of benzene rings is 3. The van der Waals surface area contributed by atoms with Crippen molar-refractivity contribution in [3.05, 3.63) is 120 Å². The molecule has 1 saturated heterocycles. The van der Waals surface area contributed by atoms with Gasteiger partial charge in [-0.25, -0.2) is 9.78 Å². The third-order valence-electron chi connectivity index (χ3n) is 18.4. The number of aliphatic carboxylic acids is 2. The number of thioether (sulfide) groups is 1. The number of carbonyl (C=O) groups is 16. The zero-order valence-corrected chi connectivity index (χ0v) is 63.4. The van der Waals surface area contributed by atoms with Gasteiger partial charge in [0.2, 0.25) is 82.7 Å². The minimum atomic E-state index is -1.84. The van der Waals surface area contributed by atoms with Gasteiger partial charge in [0.25, 0.3) is 0 Å². The molecular formula is C74H100N18O20S. The number of carboxylic acid groups (broad SMARTS) is 2. The summed E-state index contributed by atoms with van der Waals surface area (Å²) in [5, 5.41) is 66.7. The Hall–Kier alpha value is -12.0. The Balaban J connectivity index is 1.31. The summed E-state index contributed by atoms with van der Waals surface area (Å²) in [6, 6.07) is 1.44. The maximum Gasteiger partial charge on any atom is 0.326 e. The van der Waals surface area contributed by atoms with Crippen LogP contribution in [0.2, 0.25) is 0 Å². The van der Waals surface area contributed by atoms with E-state index in [0.29, 0.717) is 34.0 Å². The molecule has 0 radical (unpaired) electrons. The smallest absolute Gasteiger partial charge is 0.326 e. The van der Waals surface area contributed by atoms with Gasteiger partial charge in [-0.2, -0.15) is 11.8 Å². The van der Waals surface area contributed by atoms with Gasteiger partial charge in [-0.05, 0) is 104 Å². The molecule has 3 aromatic carbocycles. The third kappa shape index (κ3) is 29.3. The molecule has 612 valence electrons. The highest BCUT2D eigenvalue weighted by molar-refractivity contribution is 7.98. The predicted molar refractivity (Wildman–Crippen MR) is 408 cm³/mol. The normalized spacial score (nSPS) is 15.5. The number of nitrogens with two attached hydrogens (primary N) is 4. The van der Waals surface area contributed by atoms with Crippen molar-refractivity contribution in [1.29, 1.82) is 0 Å². The Kier molecular flexibility index (Phi) is 35.6. The van der Waals surface area contributed by atoms with Crippen LogP contribution in [0.15, 0.2) is 97.6 Å². The summed E-state index contributed by atoms with van der Waals surface area (Å²) < 4.78 is 0. The average molecular weight is 1590 g/mol. The number of aromatic amines is 2. The largest absolute Gasteiger partial charge is 0.508 e. The van der Waals surface area contributed by atoms with Crippen LogP contribution in [0, 0.1) is 5.92 Å². The van der Waals surface area contributed by atoms with E-state index in [1.54, 1.807) is 80.9 Å². The number of aliphatic hydroxyl groups is 1. The molecule has 0 bridgehead atoms. The number of nitrogens with zero attached hydrogens (tertiary/aromatic N) is 2. The lowest BCUT2D eigenvalue weighted by Gasteiger charge is -2.30. The molecule has 3 heterocycles. The van der Waals surface area contributed by atoms with E-state index < -0.39 is 219 Å². The fourth-order valence-corrected chi connectivity index (χ4v) is 12.8. The molecule has 0 spiro atoms. The number of likely N-dealkylation sites (tertiary alicyclic amines) is 1. The van der Waals surface area contributed by atoms with Crippen LogP contribution in [0.4, 0.5) is 0 Å². The van der Waals surface area contributed by atoms with Crippen LogP contribution >= 0.6 is 11.8 Å².